The van der Waals surface area contributed by atoms with Crippen LogP contribution < -0.4 is 4.90 Å². The Bertz CT molecular complexity index is 630. The van der Waals surface area contributed by atoms with E-state index in [2.05, 4.69) is 16.9 Å². The highest BCUT2D eigenvalue weighted by Gasteiger charge is 2.19. The number of aryl methyl sites for hydroxylation is 1. The summed E-state index contributed by atoms with van der Waals surface area (Å²) < 4.78 is 13.7. The third kappa shape index (κ3) is 2.27. The second-order valence-electron chi connectivity index (χ2n) is 5.21. The van der Waals surface area contributed by atoms with Crippen LogP contribution in [0.5, 0.6) is 0 Å². The fourth-order valence-corrected chi connectivity index (χ4v) is 2.76. The standard InChI is InChI=1S/C16H17FN2O/c1-19-8-2-3-11-9-12(4-5-15(11)19)16(20)13-6-7-18-10-14(13)17/h4-7,9-10,16,20H,2-3,8H2,1H3. The van der Waals surface area contributed by atoms with Gasteiger partial charge in [0.2, 0.25) is 0 Å². The molecular formula is C16H17FN2O. The second-order valence-corrected chi connectivity index (χ2v) is 5.21. The SMILES string of the molecule is CN1CCCc2cc(C(O)c3ccncc3F)ccc21. The first-order chi connectivity index (χ1) is 9.66. The van der Waals surface area contributed by atoms with Crippen LogP contribution in [0.1, 0.15) is 29.2 Å². The summed E-state index contributed by atoms with van der Waals surface area (Å²) in [6.07, 6.45) is 3.78. The lowest BCUT2D eigenvalue weighted by Crippen LogP contribution is -2.24. The molecule has 0 aliphatic carbocycles. The molecule has 0 spiro atoms. The molecule has 1 unspecified atom stereocenters. The van der Waals surface area contributed by atoms with Crippen LogP contribution in [0, 0.1) is 5.82 Å². The number of halogens is 1. The van der Waals surface area contributed by atoms with Gasteiger partial charge in [0.05, 0.1) is 6.20 Å². The molecule has 0 saturated carbocycles. The van der Waals surface area contributed by atoms with E-state index >= 15 is 0 Å². The highest BCUT2D eigenvalue weighted by molar-refractivity contribution is 5.57. The summed E-state index contributed by atoms with van der Waals surface area (Å²) in [7, 11) is 2.07. The number of hydrogen-bond donors (Lipinski definition) is 1. The lowest BCUT2D eigenvalue weighted by Gasteiger charge is -2.28. The predicted octanol–water partition coefficient (Wildman–Crippen LogP) is 2.68. The van der Waals surface area contributed by atoms with Crippen molar-refractivity contribution in [2.75, 3.05) is 18.5 Å². The number of hydrogen-bond acceptors (Lipinski definition) is 3. The monoisotopic (exact) mass is 272 g/mol. The molecule has 104 valence electrons. The normalized spacial score (nSPS) is 15.8. The molecule has 3 nitrogen and oxygen atoms in total. The molecule has 3 rings (SSSR count). The fraction of sp³-hybridized carbons (Fsp3) is 0.312. The largest absolute Gasteiger partial charge is 0.384 e. The molecule has 20 heavy (non-hydrogen) atoms. The zero-order valence-electron chi connectivity index (χ0n) is 11.4. The Morgan fingerprint density at radius 3 is 3.00 bits per heavy atom. The quantitative estimate of drug-likeness (QED) is 0.913. The summed E-state index contributed by atoms with van der Waals surface area (Å²) in [4.78, 5) is 5.92. The number of aliphatic hydroxyl groups is 1. The van der Waals surface area contributed by atoms with E-state index in [4.69, 9.17) is 0 Å². The average Bonchev–Trinajstić information content (AvgIpc) is 2.47. The zero-order valence-corrected chi connectivity index (χ0v) is 11.4. The molecule has 0 radical (unpaired) electrons. The molecule has 0 fully saturated rings. The van der Waals surface area contributed by atoms with Crippen molar-refractivity contribution in [1.29, 1.82) is 0 Å². The minimum atomic E-state index is -0.949. The van der Waals surface area contributed by atoms with Gasteiger partial charge in [0.25, 0.3) is 0 Å². The van der Waals surface area contributed by atoms with Crippen LogP contribution in [0.25, 0.3) is 0 Å². The number of pyridine rings is 1. The first-order valence-electron chi connectivity index (χ1n) is 6.78. The van der Waals surface area contributed by atoms with Gasteiger partial charge in [0, 0.05) is 31.0 Å². The smallest absolute Gasteiger partial charge is 0.147 e. The van der Waals surface area contributed by atoms with Crippen LogP contribution in [0.3, 0.4) is 0 Å². The van der Waals surface area contributed by atoms with E-state index in [1.54, 1.807) is 0 Å². The van der Waals surface area contributed by atoms with E-state index in [-0.39, 0.29) is 5.56 Å². The van der Waals surface area contributed by atoms with Crippen LogP contribution in [-0.2, 0) is 6.42 Å². The van der Waals surface area contributed by atoms with Gasteiger partial charge in [0.15, 0.2) is 0 Å². The molecule has 0 saturated heterocycles. The summed E-state index contributed by atoms with van der Waals surface area (Å²) in [5.41, 5.74) is 3.40. The van der Waals surface area contributed by atoms with Crippen molar-refractivity contribution < 1.29 is 9.50 Å². The third-order valence-electron chi connectivity index (χ3n) is 3.87. The number of aliphatic hydroxyl groups excluding tert-OH is 1. The number of nitrogens with zero attached hydrogens (tertiary/aromatic N) is 2. The van der Waals surface area contributed by atoms with E-state index in [1.807, 2.05) is 18.2 Å². The molecule has 1 aromatic carbocycles. The second kappa shape index (κ2) is 5.21. The summed E-state index contributed by atoms with van der Waals surface area (Å²) in [5.74, 6) is -0.477. The van der Waals surface area contributed by atoms with E-state index in [1.165, 1.54) is 23.5 Å². The van der Waals surface area contributed by atoms with Crippen molar-refractivity contribution >= 4 is 5.69 Å². The highest BCUT2D eigenvalue weighted by atomic mass is 19.1. The van der Waals surface area contributed by atoms with Gasteiger partial charge in [-0.05, 0) is 36.1 Å². The molecule has 2 heterocycles. The maximum atomic E-state index is 13.7. The molecule has 0 bridgehead atoms. The average molecular weight is 272 g/mol. The summed E-state index contributed by atoms with van der Waals surface area (Å²) in [6, 6.07) is 7.37. The van der Waals surface area contributed by atoms with E-state index in [9.17, 15) is 9.50 Å². The molecule has 1 atom stereocenters. The summed E-state index contributed by atoms with van der Waals surface area (Å²) in [6.45, 7) is 1.05. The maximum absolute atomic E-state index is 13.7. The van der Waals surface area contributed by atoms with Crippen LogP contribution in [0.4, 0.5) is 10.1 Å². The zero-order chi connectivity index (χ0) is 14.1. The number of benzene rings is 1. The van der Waals surface area contributed by atoms with Crippen molar-refractivity contribution in [3.05, 3.63) is 59.2 Å². The van der Waals surface area contributed by atoms with Crippen molar-refractivity contribution in [1.82, 2.24) is 4.98 Å². The molecule has 1 N–H and O–H groups in total. The minimum Gasteiger partial charge on any atom is -0.384 e. The predicted molar refractivity (Wildman–Crippen MR) is 76.3 cm³/mol. The van der Waals surface area contributed by atoms with Crippen LogP contribution in [0.15, 0.2) is 36.7 Å². The maximum Gasteiger partial charge on any atom is 0.147 e. The first kappa shape index (κ1) is 13.1. The topological polar surface area (TPSA) is 36.4 Å². The molecular weight excluding hydrogens is 255 g/mol. The third-order valence-corrected chi connectivity index (χ3v) is 3.87. The molecule has 2 aromatic rings. The Morgan fingerprint density at radius 2 is 2.20 bits per heavy atom. The van der Waals surface area contributed by atoms with E-state index in [0.717, 1.165) is 31.1 Å². The van der Waals surface area contributed by atoms with Crippen molar-refractivity contribution in [3.8, 4) is 0 Å². The van der Waals surface area contributed by atoms with Gasteiger partial charge in [-0.2, -0.15) is 0 Å². The van der Waals surface area contributed by atoms with Crippen molar-refractivity contribution in [2.45, 2.75) is 18.9 Å². The van der Waals surface area contributed by atoms with Gasteiger partial charge in [-0.25, -0.2) is 4.39 Å². The minimum absolute atomic E-state index is 0.268. The van der Waals surface area contributed by atoms with Gasteiger partial charge in [-0.1, -0.05) is 12.1 Å². The highest BCUT2D eigenvalue weighted by Crippen LogP contribution is 2.31. The van der Waals surface area contributed by atoms with Gasteiger partial charge in [-0.3, -0.25) is 4.98 Å². The Labute approximate surface area is 117 Å². The molecule has 0 amide bonds. The van der Waals surface area contributed by atoms with E-state index < -0.39 is 11.9 Å². The van der Waals surface area contributed by atoms with Crippen molar-refractivity contribution in [2.24, 2.45) is 0 Å². The Kier molecular flexibility index (Phi) is 3.40. The van der Waals surface area contributed by atoms with Gasteiger partial charge in [-0.15, -0.1) is 0 Å². The van der Waals surface area contributed by atoms with Gasteiger partial charge < -0.3 is 10.0 Å². The number of anilines is 1. The van der Waals surface area contributed by atoms with Crippen LogP contribution in [0.2, 0.25) is 0 Å². The van der Waals surface area contributed by atoms with Gasteiger partial charge in [0.1, 0.15) is 11.9 Å². The lowest BCUT2D eigenvalue weighted by molar-refractivity contribution is 0.214. The number of fused-ring (bicyclic) bond motifs is 1. The van der Waals surface area contributed by atoms with Gasteiger partial charge >= 0.3 is 0 Å². The summed E-state index contributed by atoms with van der Waals surface area (Å²) in [5, 5.41) is 10.4. The van der Waals surface area contributed by atoms with Crippen LogP contribution in [-0.4, -0.2) is 23.7 Å². The summed E-state index contributed by atoms with van der Waals surface area (Å²) >= 11 is 0. The molecule has 1 aromatic heterocycles. The number of rotatable bonds is 2. The molecule has 1 aliphatic rings. The Balaban J connectivity index is 1.97. The van der Waals surface area contributed by atoms with Crippen molar-refractivity contribution in [3.63, 3.8) is 0 Å². The fourth-order valence-electron chi connectivity index (χ4n) is 2.76. The Hall–Kier alpha value is -1.94. The van der Waals surface area contributed by atoms with E-state index in [0.29, 0.717) is 0 Å². The molecule has 4 heteroatoms. The number of aromatic nitrogens is 1. The lowest BCUT2D eigenvalue weighted by atomic mass is 9.95. The van der Waals surface area contributed by atoms with Crippen LogP contribution >= 0.6 is 0 Å². The Morgan fingerprint density at radius 1 is 1.35 bits per heavy atom. The first-order valence-corrected chi connectivity index (χ1v) is 6.78. The molecule has 1 aliphatic heterocycles.